The molecule has 0 fully saturated rings. The van der Waals surface area contributed by atoms with Crippen molar-refractivity contribution in [3.05, 3.63) is 0 Å². The van der Waals surface area contributed by atoms with Gasteiger partial charge in [0, 0.05) is 51.6 Å². The summed E-state index contributed by atoms with van der Waals surface area (Å²) in [5, 5.41) is 5.88. The lowest BCUT2D eigenvalue weighted by atomic mass is 10.1. The number of hydrogen-bond donors (Lipinski definition) is 2. The van der Waals surface area contributed by atoms with Gasteiger partial charge in [0.2, 0.25) is 11.8 Å². The van der Waals surface area contributed by atoms with E-state index in [0.29, 0.717) is 25.9 Å². The second-order valence-electron chi connectivity index (χ2n) is 16.0. The molecule has 0 saturated heterocycles. The van der Waals surface area contributed by atoms with Gasteiger partial charge in [-0.25, -0.2) is 0 Å². The van der Waals surface area contributed by atoms with Gasteiger partial charge in [0.05, 0.1) is 0 Å². The zero-order chi connectivity index (χ0) is 40.5. The van der Waals surface area contributed by atoms with Gasteiger partial charge in [-0.15, -0.1) is 0 Å². The molecule has 0 atom stereocenters. The van der Waals surface area contributed by atoms with Crippen LogP contribution in [0.15, 0.2) is 0 Å². The molecule has 0 spiro atoms. The van der Waals surface area contributed by atoms with Crippen LogP contribution in [0.1, 0.15) is 258 Å². The third-order valence-electron chi connectivity index (χ3n) is 10.5. The lowest BCUT2D eigenvalue weighted by Gasteiger charge is -2.07. The number of rotatable bonds is 39. The average molecular weight is 773 g/mol. The summed E-state index contributed by atoms with van der Waals surface area (Å²) in [5.74, 6) is 25.1. The number of unbranched alkanes of at least 4 members (excludes halogenated alkanes) is 32. The maximum Gasteiger partial charge on any atom is 0.220 e. The second kappa shape index (κ2) is 48.3. The molecule has 0 aromatic carbocycles. The average Bonchev–Trinajstić information content (AvgIpc) is 3.20. The van der Waals surface area contributed by atoms with Crippen molar-refractivity contribution >= 4 is 11.8 Å². The Bertz CT molecular complexity index is 1040. The molecule has 0 unspecified atom stereocenters. The van der Waals surface area contributed by atoms with E-state index < -0.39 is 0 Å². The van der Waals surface area contributed by atoms with Gasteiger partial charge >= 0.3 is 0 Å². The van der Waals surface area contributed by atoms with Gasteiger partial charge in [0.1, 0.15) is 0 Å². The Labute approximate surface area is 349 Å². The van der Waals surface area contributed by atoms with Gasteiger partial charge in [-0.05, 0) is 62.2 Å². The molecular weight excluding hydrogens is 685 g/mol. The molecule has 0 aromatic rings. The highest BCUT2D eigenvalue weighted by Gasteiger charge is 2.03. The maximum absolute atomic E-state index is 12.1. The first-order valence-electron chi connectivity index (χ1n) is 24.2. The van der Waals surface area contributed by atoms with Gasteiger partial charge in [0.15, 0.2) is 0 Å². The third kappa shape index (κ3) is 47.3. The van der Waals surface area contributed by atoms with Crippen molar-refractivity contribution in [2.45, 2.75) is 258 Å². The topological polar surface area (TPSA) is 58.2 Å². The normalized spacial score (nSPS) is 10.2. The molecule has 4 nitrogen and oxygen atoms in total. The fourth-order valence-electron chi connectivity index (χ4n) is 6.82. The number of amides is 2. The Kier molecular flexibility index (Phi) is 45.9. The Hall–Kier alpha value is -2.82. The Balaban J connectivity index is 3.42. The quantitative estimate of drug-likeness (QED) is 0.0483. The zero-order valence-electron chi connectivity index (χ0n) is 37.1. The third-order valence-corrected chi connectivity index (χ3v) is 10.5. The number of hydrogen-bond acceptors (Lipinski definition) is 2. The molecule has 0 heterocycles. The predicted octanol–water partition coefficient (Wildman–Crippen LogP) is 14.1. The van der Waals surface area contributed by atoms with Crippen LogP contribution in [0.25, 0.3) is 0 Å². The molecule has 318 valence electrons. The van der Waals surface area contributed by atoms with Crippen molar-refractivity contribution in [3.63, 3.8) is 0 Å². The molecule has 2 N–H and O–H groups in total. The van der Waals surface area contributed by atoms with Crippen LogP contribution in [-0.4, -0.2) is 24.9 Å². The van der Waals surface area contributed by atoms with Crippen LogP contribution in [0.3, 0.4) is 0 Å². The molecule has 0 aromatic heterocycles. The van der Waals surface area contributed by atoms with Crippen molar-refractivity contribution in [1.82, 2.24) is 10.6 Å². The summed E-state index contributed by atoms with van der Waals surface area (Å²) >= 11 is 0. The van der Waals surface area contributed by atoms with E-state index in [1.54, 1.807) is 0 Å². The van der Waals surface area contributed by atoms with E-state index in [2.05, 4.69) is 71.8 Å². The van der Waals surface area contributed by atoms with E-state index >= 15 is 0 Å². The predicted molar refractivity (Wildman–Crippen MR) is 244 cm³/mol. The first kappa shape index (κ1) is 53.2. The van der Waals surface area contributed by atoms with Gasteiger partial charge in [0.25, 0.3) is 0 Å². The van der Waals surface area contributed by atoms with Crippen molar-refractivity contribution in [2.75, 3.05) is 13.1 Å². The Morgan fingerprint density at radius 1 is 0.304 bits per heavy atom. The summed E-state index contributed by atoms with van der Waals surface area (Å²) in [6.07, 6.45) is 45.6. The maximum atomic E-state index is 12.1. The standard InChI is InChI=1S/C52H88N2O2/c1-3-5-7-9-11-13-15-17-19-21-23-25-27-29-31-33-35-37-39-41-43-45-47-51(55)53-49-50-54-52(56)48-46-44-42-40-38-36-34-32-30-28-26-24-22-20-18-16-14-12-10-8-6-4-2/h3-24,33-50H2,1-2H3,(H,53,55)(H,54,56). The minimum absolute atomic E-state index is 0.0855. The highest BCUT2D eigenvalue weighted by atomic mass is 16.2. The Morgan fingerprint density at radius 3 is 0.768 bits per heavy atom. The lowest BCUT2D eigenvalue weighted by Crippen LogP contribution is -2.34. The summed E-state index contributed by atoms with van der Waals surface area (Å²) < 4.78 is 0. The van der Waals surface area contributed by atoms with Gasteiger partial charge < -0.3 is 10.6 Å². The number of nitrogens with one attached hydrogen (secondary N) is 2. The smallest absolute Gasteiger partial charge is 0.220 e. The van der Waals surface area contributed by atoms with Crippen LogP contribution in [0, 0.1) is 47.4 Å². The van der Waals surface area contributed by atoms with Crippen LogP contribution in [0.5, 0.6) is 0 Å². The van der Waals surface area contributed by atoms with Crippen LogP contribution < -0.4 is 10.6 Å². The van der Waals surface area contributed by atoms with Crippen LogP contribution in [0.2, 0.25) is 0 Å². The molecule has 0 radical (unpaired) electrons. The molecule has 0 bridgehead atoms. The van der Waals surface area contributed by atoms with E-state index in [-0.39, 0.29) is 11.8 Å². The van der Waals surface area contributed by atoms with Crippen molar-refractivity contribution in [2.24, 2.45) is 0 Å². The SMILES string of the molecule is CCCCCCCCCCCCC#CC#CCCCCCCCCC(=O)NCCNC(=O)CCCCCCCCC#CC#CCCCCCCCCCCCC. The van der Waals surface area contributed by atoms with Gasteiger partial charge in [-0.1, -0.05) is 204 Å². The monoisotopic (exact) mass is 773 g/mol. The van der Waals surface area contributed by atoms with Crippen LogP contribution in [-0.2, 0) is 9.59 Å². The molecule has 0 aliphatic heterocycles. The summed E-state index contributed by atoms with van der Waals surface area (Å²) in [5.41, 5.74) is 0. The number of carbonyl (C=O) groups is 2. The Morgan fingerprint density at radius 2 is 0.518 bits per heavy atom. The molecular formula is C52H88N2O2. The molecule has 4 heteroatoms. The number of carbonyl (C=O) groups excluding carboxylic acids is 2. The second-order valence-corrected chi connectivity index (χ2v) is 16.0. The highest BCUT2D eigenvalue weighted by Crippen LogP contribution is 2.13. The van der Waals surface area contributed by atoms with E-state index in [4.69, 9.17) is 0 Å². The van der Waals surface area contributed by atoms with Gasteiger partial charge in [-0.2, -0.15) is 0 Å². The van der Waals surface area contributed by atoms with Gasteiger partial charge in [-0.3, -0.25) is 9.59 Å². The van der Waals surface area contributed by atoms with Crippen molar-refractivity contribution in [3.8, 4) is 47.4 Å². The van der Waals surface area contributed by atoms with Crippen molar-refractivity contribution in [1.29, 1.82) is 0 Å². The zero-order valence-corrected chi connectivity index (χ0v) is 37.1. The van der Waals surface area contributed by atoms with E-state index in [9.17, 15) is 9.59 Å². The molecule has 56 heavy (non-hydrogen) atoms. The molecule has 0 saturated carbocycles. The molecule has 0 aliphatic carbocycles. The van der Waals surface area contributed by atoms with E-state index in [1.165, 1.54) is 167 Å². The molecule has 2 amide bonds. The molecule has 0 aliphatic rings. The first-order chi connectivity index (χ1) is 27.7. The van der Waals surface area contributed by atoms with E-state index in [0.717, 1.165) is 64.2 Å². The van der Waals surface area contributed by atoms with Crippen LogP contribution in [0.4, 0.5) is 0 Å². The minimum atomic E-state index is 0.0855. The summed E-state index contributed by atoms with van der Waals surface area (Å²) in [7, 11) is 0. The summed E-state index contributed by atoms with van der Waals surface area (Å²) in [6, 6.07) is 0. The largest absolute Gasteiger partial charge is 0.354 e. The lowest BCUT2D eigenvalue weighted by molar-refractivity contribution is -0.123. The highest BCUT2D eigenvalue weighted by molar-refractivity contribution is 5.77. The van der Waals surface area contributed by atoms with Crippen LogP contribution >= 0.6 is 0 Å². The summed E-state index contributed by atoms with van der Waals surface area (Å²) in [4.78, 5) is 24.2. The fraction of sp³-hybridized carbons (Fsp3) is 0.808. The molecule has 0 rings (SSSR count). The summed E-state index contributed by atoms with van der Waals surface area (Å²) in [6.45, 7) is 5.56. The first-order valence-corrected chi connectivity index (χ1v) is 24.2. The fourth-order valence-corrected chi connectivity index (χ4v) is 6.82. The van der Waals surface area contributed by atoms with Crippen molar-refractivity contribution < 1.29 is 9.59 Å². The minimum Gasteiger partial charge on any atom is -0.354 e. The van der Waals surface area contributed by atoms with E-state index in [1.807, 2.05) is 0 Å².